The lowest BCUT2D eigenvalue weighted by molar-refractivity contribution is -0.144. The Kier molecular flexibility index (Phi) is 4.48. The van der Waals surface area contributed by atoms with Crippen LogP contribution >= 0.6 is 11.6 Å². The van der Waals surface area contributed by atoms with Crippen LogP contribution in [0.2, 0.25) is 5.02 Å². The summed E-state index contributed by atoms with van der Waals surface area (Å²) in [5.41, 5.74) is 1.01. The van der Waals surface area contributed by atoms with Gasteiger partial charge in [0.2, 0.25) is 0 Å². The lowest BCUT2D eigenvalue weighted by Gasteiger charge is -2.17. The minimum atomic E-state index is -0.261. The van der Waals surface area contributed by atoms with E-state index in [1.807, 2.05) is 35.0 Å². The van der Waals surface area contributed by atoms with Crippen molar-refractivity contribution >= 4 is 28.5 Å². The Labute approximate surface area is 118 Å². The number of unbranched alkanes of at least 4 members (excludes halogenated alkanes) is 1. The van der Waals surface area contributed by atoms with Crippen molar-refractivity contribution in [1.82, 2.24) is 4.57 Å². The fourth-order valence-corrected chi connectivity index (χ4v) is 2.49. The first kappa shape index (κ1) is 13.9. The average Bonchev–Trinajstić information content (AvgIpc) is 2.81. The number of rotatable bonds is 5. The highest BCUT2D eigenvalue weighted by molar-refractivity contribution is 6.31. The summed E-state index contributed by atoms with van der Waals surface area (Å²) in [6.45, 7) is 2.11. The summed E-state index contributed by atoms with van der Waals surface area (Å²) in [5, 5.41) is 1.74. The molecule has 0 spiro atoms. The monoisotopic (exact) mass is 279 g/mol. The number of carbonyl (C=O) groups is 1. The van der Waals surface area contributed by atoms with Gasteiger partial charge in [-0.05, 0) is 30.7 Å². The zero-order valence-electron chi connectivity index (χ0n) is 11.2. The topological polar surface area (TPSA) is 31.2 Å². The van der Waals surface area contributed by atoms with Crippen molar-refractivity contribution in [3.05, 3.63) is 35.5 Å². The highest BCUT2D eigenvalue weighted by atomic mass is 35.5. The van der Waals surface area contributed by atoms with Gasteiger partial charge in [-0.2, -0.15) is 0 Å². The van der Waals surface area contributed by atoms with Crippen LogP contribution in [0, 0.1) is 0 Å². The first-order valence-corrected chi connectivity index (χ1v) is 6.89. The predicted octanol–water partition coefficient (Wildman–Crippen LogP) is 4.20. The minimum absolute atomic E-state index is 0.194. The molecule has 0 bridgehead atoms. The quantitative estimate of drug-likeness (QED) is 0.768. The summed E-state index contributed by atoms with van der Waals surface area (Å²) in [4.78, 5) is 12.0. The van der Waals surface area contributed by atoms with Crippen molar-refractivity contribution in [2.24, 2.45) is 0 Å². The van der Waals surface area contributed by atoms with Crippen LogP contribution < -0.4 is 0 Å². The van der Waals surface area contributed by atoms with Gasteiger partial charge in [-0.3, -0.25) is 0 Å². The Morgan fingerprint density at radius 1 is 1.42 bits per heavy atom. The molecule has 4 heteroatoms. The van der Waals surface area contributed by atoms with Gasteiger partial charge in [-0.1, -0.05) is 31.4 Å². The molecular formula is C15H18ClNO2. The van der Waals surface area contributed by atoms with Gasteiger partial charge in [0.15, 0.2) is 0 Å². The number of benzene rings is 1. The number of halogens is 1. The van der Waals surface area contributed by atoms with Crippen molar-refractivity contribution in [1.29, 1.82) is 0 Å². The van der Waals surface area contributed by atoms with Crippen LogP contribution in [0.3, 0.4) is 0 Å². The molecule has 0 saturated heterocycles. The van der Waals surface area contributed by atoms with E-state index in [9.17, 15) is 4.79 Å². The summed E-state index contributed by atoms with van der Waals surface area (Å²) in [6, 6.07) is 7.40. The second-order valence-corrected chi connectivity index (χ2v) is 5.04. The summed E-state index contributed by atoms with van der Waals surface area (Å²) in [7, 11) is 1.43. The smallest absolute Gasteiger partial charge is 0.328 e. The number of esters is 1. The average molecular weight is 280 g/mol. The van der Waals surface area contributed by atoms with Crippen molar-refractivity contribution in [3.8, 4) is 0 Å². The van der Waals surface area contributed by atoms with Crippen molar-refractivity contribution < 1.29 is 9.53 Å². The van der Waals surface area contributed by atoms with Crippen LogP contribution in [-0.4, -0.2) is 17.6 Å². The van der Waals surface area contributed by atoms with E-state index in [-0.39, 0.29) is 12.0 Å². The molecule has 0 aliphatic heterocycles. The fraction of sp³-hybridized carbons (Fsp3) is 0.400. The van der Waals surface area contributed by atoms with Gasteiger partial charge in [-0.25, -0.2) is 4.79 Å². The maximum Gasteiger partial charge on any atom is 0.328 e. The van der Waals surface area contributed by atoms with E-state index in [2.05, 4.69) is 6.92 Å². The van der Waals surface area contributed by atoms with E-state index in [4.69, 9.17) is 16.3 Å². The second kappa shape index (κ2) is 6.11. The lowest BCUT2D eigenvalue weighted by atomic mass is 10.1. The molecule has 0 amide bonds. The summed E-state index contributed by atoms with van der Waals surface area (Å²) in [6.07, 6.45) is 4.76. The standard InChI is InChI=1S/C15H18ClNO2/c1-3-4-5-14(15(18)19-2)17-9-8-11-10-12(16)6-7-13(11)17/h6-10,14H,3-5H2,1-2H3. The van der Waals surface area contributed by atoms with Crippen LogP contribution in [0.5, 0.6) is 0 Å². The van der Waals surface area contributed by atoms with E-state index in [1.54, 1.807) is 0 Å². The number of ether oxygens (including phenoxy) is 1. The molecule has 0 aliphatic carbocycles. The zero-order chi connectivity index (χ0) is 13.8. The van der Waals surface area contributed by atoms with Gasteiger partial charge in [0.05, 0.1) is 7.11 Å². The van der Waals surface area contributed by atoms with Crippen LogP contribution in [0.4, 0.5) is 0 Å². The van der Waals surface area contributed by atoms with Crippen molar-refractivity contribution in [3.63, 3.8) is 0 Å². The lowest BCUT2D eigenvalue weighted by Crippen LogP contribution is -2.20. The van der Waals surface area contributed by atoms with E-state index < -0.39 is 0 Å². The summed E-state index contributed by atoms with van der Waals surface area (Å²) in [5.74, 6) is -0.194. The van der Waals surface area contributed by atoms with Gasteiger partial charge in [0.1, 0.15) is 6.04 Å². The van der Waals surface area contributed by atoms with Gasteiger partial charge in [-0.15, -0.1) is 0 Å². The number of aromatic nitrogens is 1. The third kappa shape index (κ3) is 2.92. The molecular weight excluding hydrogens is 262 g/mol. The van der Waals surface area contributed by atoms with Crippen LogP contribution in [0.1, 0.15) is 32.2 Å². The van der Waals surface area contributed by atoms with E-state index in [1.165, 1.54) is 7.11 Å². The van der Waals surface area contributed by atoms with Gasteiger partial charge >= 0.3 is 5.97 Å². The highest BCUT2D eigenvalue weighted by Gasteiger charge is 2.21. The Morgan fingerprint density at radius 3 is 2.89 bits per heavy atom. The number of hydrogen-bond acceptors (Lipinski definition) is 2. The number of methoxy groups -OCH3 is 1. The molecule has 0 saturated carbocycles. The Balaban J connectivity index is 2.40. The molecule has 19 heavy (non-hydrogen) atoms. The van der Waals surface area contributed by atoms with Gasteiger partial charge in [0.25, 0.3) is 0 Å². The predicted molar refractivity (Wildman–Crippen MR) is 77.5 cm³/mol. The van der Waals surface area contributed by atoms with E-state index in [0.717, 1.165) is 30.2 Å². The summed E-state index contributed by atoms with van der Waals surface area (Å²) < 4.78 is 6.90. The number of carbonyl (C=O) groups excluding carboxylic acids is 1. The van der Waals surface area contributed by atoms with Crippen molar-refractivity contribution in [2.75, 3.05) is 7.11 Å². The maximum absolute atomic E-state index is 12.0. The van der Waals surface area contributed by atoms with Crippen LogP contribution in [0.15, 0.2) is 30.5 Å². The molecule has 0 aliphatic rings. The fourth-order valence-electron chi connectivity index (χ4n) is 2.31. The Morgan fingerprint density at radius 2 is 2.21 bits per heavy atom. The van der Waals surface area contributed by atoms with Crippen LogP contribution in [0.25, 0.3) is 10.9 Å². The minimum Gasteiger partial charge on any atom is -0.467 e. The molecule has 0 fully saturated rings. The first-order valence-electron chi connectivity index (χ1n) is 6.51. The maximum atomic E-state index is 12.0. The SMILES string of the molecule is CCCCC(C(=O)OC)n1ccc2cc(Cl)ccc21. The molecule has 1 unspecified atom stereocenters. The normalized spacial score (nSPS) is 12.6. The third-order valence-electron chi connectivity index (χ3n) is 3.32. The molecule has 2 aromatic rings. The van der Waals surface area contributed by atoms with E-state index in [0.29, 0.717) is 5.02 Å². The molecule has 1 heterocycles. The zero-order valence-corrected chi connectivity index (χ0v) is 12.0. The number of nitrogens with zero attached hydrogens (tertiary/aromatic N) is 1. The first-order chi connectivity index (χ1) is 9.17. The molecule has 0 N–H and O–H groups in total. The molecule has 3 nitrogen and oxygen atoms in total. The van der Waals surface area contributed by atoms with Gasteiger partial charge in [0, 0.05) is 22.1 Å². The largest absolute Gasteiger partial charge is 0.467 e. The Hall–Kier alpha value is -1.48. The molecule has 2 rings (SSSR count). The van der Waals surface area contributed by atoms with Gasteiger partial charge < -0.3 is 9.30 Å². The van der Waals surface area contributed by atoms with Crippen molar-refractivity contribution in [2.45, 2.75) is 32.2 Å². The molecule has 1 aromatic heterocycles. The highest BCUT2D eigenvalue weighted by Crippen LogP contribution is 2.26. The summed E-state index contributed by atoms with van der Waals surface area (Å²) >= 11 is 5.98. The number of hydrogen-bond donors (Lipinski definition) is 0. The number of fused-ring (bicyclic) bond motifs is 1. The van der Waals surface area contributed by atoms with E-state index >= 15 is 0 Å². The molecule has 1 atom stereocenters. The molecule has 102 valence electrons. The van der Waals surface area contributed by atoms with Crippen LogP contribution in [-0.2, 0) is 9.53 Å². The second-order valence-electron chi connectivity index (χ2n) is 4.61. The third-order valence-corrected chi connectivity index (χ3v) is 3.56. The Bertz CT molecular complexity index is 577. The molecule has 1 aromatic carbocycles. The molecule has 0 radical (unpaired) electrons.